The lowest BCUT2D eigenvalue weighted by Gasteiger charge is -2.32. The van der Waals surface area contributed by atoms with Gasteiger partial charge in [0.1, 0.15) is 5.60 Å². The lowest BCUT2D eigenvalue weighted by Crippen LogP contribution is -2.49. The Morgan fingerprint density at radius 2 is 1.84 bits per heavy atom. The van der Waals surface area contributed by atoms with E-state index in [0.29, 0.717) is 6.04 Å². The van der Waals surface area contributed by atoms with Crippen molar-refractivity contribution in [2.45, 2.75) is 38.8 Å². The number of nitrogens with zero attached hydrogens (tertiary/aromatic N) is 2. The Hall–Kier alpha value is -0.520. The third-order valence-corrected chi connectivity index (χ3v) is 3.48. The second-order valence-corrected chi connectivity index (χ2v) is 6.15. The van der Waals surface area contributed by atoms with Gasteiger partial charge in [-0.15, -0.1) is 12.4 Å². The summed E-state index contributed by atoms with van der Waals surface area (Å²) in [5.74, 6) is 0. The van der Waals surface area contributed by atoms with Crippen LogP contribution in [0.5, 0.6) is 0 Å². The highest BCUT2D eigenvalue weighted by molar-refractivity contribution is 5.85. The maximum atomic E-state index is 12.0. The van der Waals surface area contributed by atoms with Crippen LogP contribution in [0.25, 0.3) is 0 Å². The number of carbonyl (C=O) groups excluding carboxylic acids is 1. The van der Waals surface area contributed by atoms with E-state index in [1.165, 1.54) is 0 Å². The minimum atomic E-state index is -0.399. The van der Waals surface area contributed by atoms with Crippen molar-refractivity contribution in [1.82, 2.24) is 15.1 Å². The van der Waals surface area contributed by atoms with Gasteiger partial charge in [0.25, 0.3) is 0 Å². The molecule has 19 heavy (non-hydrogen) atoms. The van der Waals surface area contributed by atoms with E-state index in [-0.39, 0.29) is 18.5 Å². The second-order valence-electron chi connectivity index (χ2n) is 6.15. The predicted molar refractivity (Wildman–Crippen MR) is 77.9 cm³/mol. The van der Waals surface area contributed by atoms with Crippen LogP contribution in [0.1, 0.15) is 27.2 Å². The Bertz CT molecular complexity index is 301. The molecule has 0 aliphatic carbocycles. The molecule has 0 radical (unpaired) electrons. The monoisotopic (exact) mass is 291 g/mol. The van der Waals surface area contributed by atoms with Gasteiger partial charge in [-0.1, -0.05) is 0 Å². The molecule has 0 aromatic carbocycles. The van der Waals surface area contributed by atoms with E-state index in [1.807, 2.05) is 25.7 Å². The van der Waals surface area contributed by atoms with E-state index >= 15 is 0 Å². The van der Waals surface area contributed by atoms with Crippen LogP contribution in [-0.4, -0.2) is 66.8 Å². The molecular weight excluding hydrogens is 266 g/mol. The van der Waals surface area contributed by atoms with Crippen LogP contribution in [0, 0.1) is 0 Å². The number of rotatable bonds is 1. The van der Waals surface area contributed by atoms with Gasteiger partial charge in [0, 0.05) is 45.3 Å². The molecule has 2 rings (SSSR count). The van der Waals surface area contributed by atoms with Crippen molar-refractivity contribution >= 4 is 18.5 Å². The largest absolute Gasteiger partial charge is 0.444 e. The molecular formula is C13H26ClN3O2. The van der Waals surface area contributed by atoms with Gasteiger partial charge in [-0.25, -0.2) is 4.79 Å². The molecule has 0 aromatic rings. The summed E-state index contributed by atoms with van der Waals surface area (Å²) in [7, 11) is 0. The van der Waals surface area contributed by atoms with Crippen molar-refractivity contribution in [3.63, 3.8) is 0 Å². The van der Waals surface area contributed by atoms with Crippen molar-refractivity contribution in [3.05, 3.63) is 0 Å². The van der Waals surface area contributed by atoms with Crippen LogP contribution in [0.4, 0.5) is 4.79 Å². The minimum absolute atomic E-state index is 0. The molecule has 0 saturated carbocycles. The highest BCUT2D eigenvalue weighted by Gasteiger charge is 2.32. The Balaban J connectivity index is 0.00000180. The summed E-state index contributed by atoms with van der Waals surface area (Å²) in [5, 5.41) is 3.36. The minimum Gasteiger partial charge on any atom is -0.444 e. The van der Waals surface area contributed by atoms with Crippen molar-refractivity contribution in [2.75, 3.05) is 39.3 Å². The topological polar surface area (TPSA) is 44.8 Å². The van der Waals surface area contributed by atoms with Crippen molar-refractivity contribution in [2.24, 2.45) is 0 Å². The molecule has 1 N–H and O–H groups in total. The maximum absolute atomic E-state index is 12.0. The van der Waals surface area contributed by atoms with E-state index in [2.05, 4.69) is 10.2 Å². The number of hydrogen-bond acceptors (Lipinski definition) is 4. The highest BCUT2D eigenvalue weighted by atomic mass is 35.5. The number of piperazine rings is 1. The van der Waals surface area contributed by atoms with Crippen molar-refractivity contribution in [1.29, 1.82) is 0 Å². The number of hydrogen-bond donors (Lipinski definition) is 1. The summed E-state index contributed by atoms with van der Waals surface area (Å²) in [5.41, 5.74) is -0.399. The fourth-order valence-corrected chi connectivity index (χ4v) is 2.58. The first-order chi connectivity index (χ1) is 8.46. The van der Waals surface area contributed by atoms with E-state index in [0.717, 1.165) is 45.7 Å². The van der Waals surface area contributed by atoms with Crippen LogP contribution in [0.15, 0.2) is 0 Å². The van der Waals surface area contributed by atoms with Gasteiger partial charge < -0.3 is 15.0 Å². The normalized spacial score (nSPS) is 25.0. The summed E-state index contributed by atoms with van der Waals surface area (Å²) in [6.07, 6.45) is 0.902. The van der Waals surface area contributed by atoms with Gasteiger partial charge >= 0.3 is 6.09 Å². The lowest BCUT2D eigenvalue weighted by molar-refractivity contribution is 0.0278. The van der Waals surface area contributed by atoms with Crippen molar-refractivity contribution in [3.8, 4) is 0 Å². The molecule has 6 heteroatoms. The summed E-state index contributed by atoms with van der Waals surface area (Å²) in [6, 6.07) is 0.514. The molecule has 2 saturated heterocycles. The number of nitrogens with one attached hydrogen (secondary N) is 1. The van der Waals surface area contributed by atoms with Gasteiger partial charge in [-0.05, 0) is 27.2 Å². The van der Waals surface area contributed by atoms with E-state index < -0.39 is 5.60 Å². The SMILES string of the molecule is CC(C)(C)OC(=O)N1CCC(N2CCNCC2)C1.Cl. The average molecular weight is 292 g/mol. The fourth-order valence-electron chi connectivity index (χ4n) is 2.58. The molecule has 2 aliphatic rings. The number of likely N-dealkylation sites (tertiary alicyclic amines) is 1. The highest BCUT2D eigenvalue weighted by Crippen LogP contribution is 2.19. The maximum Gasteiger partial charge on any atom is 0.410 e. The van der Waals surface area contributed by atoms with E-state index in [4.69, 9.17) is 4.74 Å². The zero-order valence-electron chi connectivity index (χ0n) is 12.1. The number of amides is 1. The van der Waals surface area contributed by atoms with Gasteiger partial charge in [0.05, 0.1) is 0 Å². The Morgan fingerprint density at radius 1 is 1.21 bits per heavy atom. The molecule has 2 heterocycles. The van der Waals surface area contributed by atoms with Crippen LogP contribution >= 0.6 is 12.4 Å². The fraction of sp³-hybridized carbons (Fsp3) is 0.923. The molecule has 0 bridgehead atoms. The zero-order valence-corrected chi connectivity index (χ0v) is 13.0. The lowest BCUT2D eigenvalue weighted by atomic mass is 10.2. The van der Waals surface area contributed by atoms with Crippen molar-refractivity contribution < 1.29 is 9.53 Å². The first-order valence-corrected chi connectivity index (χ1v) is 6.88. The molecule has 0 aromatic heterocycles. The molecule has 5 nitrogen and oxygen atoms in total. The average Bonchev–Trinajstić information content (AvgIpc) is 2.77. The summed E-state index contributed by atoms with van der Waals surface area (Å²) in [4.78, 5) is 16.3. The number of ether oxygens (including phenoxy) is 1. The molecule has 2 aliphatic heterocycles. The quantitative estimate of drug-likeness (QED) is 0.791. The molecule has 0 spiro atoms. The van der Waals surface area contributed by atoms with E-state index in [9.17, 15) is 4.79 Å². The smallest absolute Gasteiger partial charge is 0.410 e. The zero-order chi connectivity index (χ0) is 13.2. The van der Waals surface area contributed by atoms with Crippen LogP contribution in [-0.2, 0) is 4.74 Å². The third-order valence-electron chi connectivity index (χ3n) is 3.48. The Labute approximate surface area is 122 Å². The summed E-state index contributed by atoms with van der Waals surface area (Å²) >= 11 is 0. The molecule has 1 unspecified atom stereocenters. The summed E-state index contributed by atoms with van der Waals surface area (Å²) in [6.45, 7) is 11.7. The first-order valence-electron chi connectivity index (χ1n) is 6.88. The van der Waals surface area contributed by atoms with Gasteiger partial charge in [0.15, 0.2) is 0 Å². The number of carbonyl (C=O) groups is 1. The Morgan fingerprint density at radius 3 is 2.42 bits per heavy atom. The van der Waals surface area contributed by atoms with Gasteiger partial charge in [0.2, 0.25) is 0 Å². The van der Waals surface area contributed by atoms with Crippen LogP contribution < -0.4 is 5.32 Å². The Kier molecular flexibility index (Phi) is 5.89. The standard InChI is InChI=1S/C13H25N3O2.ClH/c1-13(2,3)18-12(17)16-7-4-11(10-16)15-8-5-14-6-9-15;/h11,14H,4-10H2,1-3H3;1H. The van der Waals surface area contributed by atoms with Crippen LogP contribution in [0.2, 0.25) is 0 Å². The predicted octanol–water partition coefficient (Wildman–Crippen LogP) is 1.32. The molecule has 112 valence electrons. The third kappa shape index (κ3) is 4.82. The summed E-state index contributed by atoms with van der Waals surface area (Å²) < 4.78 is 5.41. The number of halogens is 1. The van der Waals surface area contributed by atoms with E-state index in [1.54, 1.807) is 0 Å². The van der Waals surface area contributed by atoms with Crippen LogP contribution in [0.3, 0.4) is 0 Å². The molecule has 2 fully saturated rings. The first kappa shape index (κ1) is 16.5. The molecule has 1 atom stereocenters. The second kappa shape index (κ2) is 6.77. The van der Waals surface area contributed by atoms with Gasteiger partial charge in [-0.3, -0.25) is 4.90 Å². The molecule has 1 amide bonds. The van der Waals surface area contributed by atoms with Gasteiger partial charge in [-0.2, -0.15) is 0 Å².